The first-order chi connectivity index (χ1) is 10.4. The molecule has 0 spiro atoms. The lowest BCUT2D eigenvalue weighted by Gasteiger charge is -2.22. The Balaban J connectivity index is 2.44. The van der Waals surface area contributed by atoms with Crippen LogP contribution >= 0.6 is 11.6 Å². The van der Waals surface area contributed by atoms with Gasteiger partial charge in [0.2, 0.25) is 0 Å². The van der Waals surface area contributed by atoms with Crippen molar-refractivity contribution < 1.29 is 13.2 Å². The molecule has 1 aliphatic rings. The molecule has 0 unspecified atom stereocenters. The number of halogens is 4. The van der Waals surface area contributed by atoms with E-state index in [-0.39, 0.29) is 17.3 Å². The lowest BCUT2D eigenvalue weighted by molar-refractivity contribution is -0.137. The van der Waals surface area contributed by atoms with Crippen LogP contribution in [-0.2, 0) is 6.18 Å². The summed E-state index contributed by atoms with van der Waals surface area (Å²) in [5, 5.41) is 11.3. The normalized spacial score (nSPS) is 16.6. The molecule has 0 amide bonds. The number of nitrogens with two attached hydrogens (primary N) is 1. The molecule has 2 heterocycles. The van der Waals surface area contributed by atoms with Crippen molar-refractivity contribution in [3.63, 3.8) is 0 Å². The van der Waals surface area contributed by atoms with Crippen molar-refractivity contribution in [3.05, 3.63) is 34.2 Å². The Morgan fingerprint density at radius 2 is 2.23 bits per heavy atom. The predicted octanol–water partition coefficient (Wildman–Crippen LogP) is 1.97. The molecule has 5 nitrogen and oxygen atoms in total. The van der Waals surface area contributed by atoms with Crippen LogP contribution in [-0.4, -0.2) is 30.3 Å². The van der Waals surface area contributed by atoms with E-state index in [0.29, 0.717) is 13.1 Å². The van der Waals surface area contributed by atoms with Crippen LogP contribution < -0.4 is 11.1 Å². The molecule has 1 aliphatic heterocycles. The van der Waals surface area contributed by atoms with Crippen LogP contribution in [0, 0.1) is 11.3 Å². The fourth-order valence-electron chi connectivity index (χ4n) is 1.75. The van der Waals surface area contributed by atoms with Crippen LogP contribution in [0.1, 0.15) is 16.8 Å². The quantitative estimate of drug-likeness (QED) is 0.655. The van der Waals surface area contributed by atoms with E-state index in [9.17, 15) is 13.2 Å². The van der Waals surface area contributed by atoms with Gasteiger partial charge in [0.15, 0.2) is 0 Å². The fourth-order valence-corrected chi connectivity index (χ4v) is 1.99. The van der Waals surface area contributed by atoms with E-state index in [1.807, 2.05) is 0 Å². The highest BCUT2D eigenvalue weighted by Gasteiger charge is 2.35. The number of pyridine rings is 1. The lowest BCUT2D eigenvalue weighted by atomic mass is 10.1. The molecule has 22 heavy (non-hydrogen) atoms. The van der Waals surface area contributed by atoms with Crippen LogP contribution in [0.4, 0.5) is 13.2 Å². The molecule has 1 aromatic heterocycles. The largest absolute Gasteiger partial charge is 0.417 e. The number of rotatable bonds is 3. The number of allylic oxidation sites excluding steroid dienone is 1. The molecule has 0 saturated carbocycles. The van der Waals surface area contributed by atoms with E-state index in [1.54, 1.807) is 0 Å². The summed E-state index contributed by atoms with van der Waals surface area (Å²) in [7, 11) is 0. The standard InChI is InChI=1S/C13H11ClF3N5/c14-12-9(3-19)10(13(15,16)17)1-11(22-12)7(2-18)4-21-8-5-20-6-8/h1-2,4,8,20H,5-6,18H2/b7-2+,21-4?. The number of nitrogens with zero attached hydrogens (tertiary/aromatic N) is 3. The Hall–Kier alpha value is -2.11. The van der Waals surface area contributed by atoms with Gasteiger partial charge in [-0.15, -0.1) is 0 Å². The summed E-state index contributed by atoms with van der Waals surface area (Å²) in [6, 6.07) is 2.22. The summed E-state index contributed by atoms with van der Waals surface area (Å²) in [4.78, 5) is 7.97. The average Bonchev–Trinajstić information content (AvgIpc) is 2.39. The topological polar surface area (TPSA) is 87.1 Å². The second kappa shape index (κ2) is 6.34. The van der Waals surface area contributed by atoms with Crippen molar-refractivity contribution in [2.75, 3.05) is 13.1 Å². The van der Waals surface area contributed by atoms with Crippen molar-refractivity contribution in [1.82, 2.24) is 10.3 Å². The highest BCUT2D eigenvalue weighted by atomic mass is 35.5. The zero-order valence-electron chi connectivity index (χ0n) is 11.2. The maximum absolute atomic E-state index is 13.0. The molecule has 2 rings (SSSR count). The van der Waals surface area contributed by atoms with Crippen molar-refractivity contribution >= 4 is 23.4 Å². The van der Waals surface area contributed by atoms with Gasteiger partial charge in [-0.2, -0.15) is 18.4 Å². The van der Waals surface area contributed by atoms with Crippen molar-refractivity contribution in [1.29, 1.82) is 5.26 Å². The maximum atomic E-state index is 13.0. The summed E-state index contributed by atoms with van der Waals surface area (Å²) in [5.74, 6) is 0. The van der Waals surface area contributed by atoms with Gasteiger partial charge in [-0.05, 0) is 6.07 Å². The molecular formula is C13H11ClF3N5. The van der Waals surface area contributed by atoms with Crippen molar-refractivity contribution in [2.24, 2.45) is 10.7 Å². The van der Waals surface area contributed by atoms with E-state index in [2.05, 4.69) is 15.3 Å². The minimum atomic E-state index is -4.72. The van der Waals surface area contributed by atoms with E-state index < -0.39 is 22.5 Å². The number of aliphatic imine (C=N–C) groups is 1. The number of nitrogens with one attached hydrogen (secondary N) is 1. The highest BCUT2D eigenvalue weighted by Crippen LogP contribution is 2.35. The van der Waals surface area contributed by atoms with Gasteiger partial charge in [0.1, 0.15) is 16.8 Å². The van der Waals surface area contributed by atoms with E-state index in [0.717, 1.165) is 12.3 Å². The third kappa shape index (κ3) is 3.37. The second-order valence-corrected chi connectivity index (χ2v) is 4.90. The molecule has 0 radical (unpaired) electrons. The Morgan fingerprint density at radius 3 is 2.68 bits per heavy atom. The van der Waals surface area contributed by atoms with Crippen LogP contribution in [0.2, 0.25) is 5.15 Å². The molecule has 0 aromatic carbocycles. The summed E-state index contributed by atoms with van der Waals surface area (Å²) in [6.07, 6.45) is -2.27. The number of aromatic nitrogens is 1. The van der Waals surface area contributed by atoms with Crippen LogP contribution in [0.15, 0.2) is 17.3 Å². The zero-order chi connectivity index (χ0) is 16.3. The summed E-state index contributed by atoms with van der Waals surface area (Å²) < 4.78 is 39.0. The first-order valence-electron chi connectivity index (χ1n) is 6.20. The van der Waals surface area contributed by atoms with Gasteiger partial charge >= 0.3 is 6.18 Å². The number of hydrogen-bond donors (Lipinski definition) is 2. The predicted molar refractivity (Wildman–Crippen MR) is 76.3 cm³/mol. The summed E-state index contributed by atoms with van der Waals surface area (Å²) in [5.41, 5.74) is 3.68. The molecule has 9 heteroatoms. The van der Waals surface area contributed by atoms with Gasteiger partial charge in [0.05, 0.1) is 17.3 Å². The van der Waals surface area contributed by atoms with Gasteiger partial charge in [-0.1, -0.05) is 11.6 Å². The van der Waals surface area contributed by atoms with Crippen LogP contribution in [0.25, 0.3) is 5.57 Å². The van der Waals surface area contributed by atoms with Crippen molar-refractivity contribution in [3.8, 4) is 6.07 Å². The first-order valence-corrected chi connectivity index (χ1v) is 6.58. The second-order valence-electron chi connectivity index (χ2n) is 4.54. The Labute approximate surface area is 129 Å². The monoisotopic (exact) mass is 329 g/mol. The molecule has 0 aliphatic carbocycles. The summed E-state index contributed by atoms with van der Waals surface area (Å²) >= 11 is 5.69. The minimum absolute atomic E-state index is 0.0610. The minimum Gasteiger partial charge on any atom is -0.404 e. The van der Waals surface area contributed by atoms with E-state index in [1.165, 1.54) is 12.3 Å². The van der Waals surface area contributed by atoms with Gasteiger partial charge in [-0.25, -0.2) is 4.98 Å². The Morgan fingerprint density at radius 1 is 1.55 bits per heavy atom. The zero-order valence-corrected chi connectivity index (χ0v) is 11.9. The van der Waals surface area contributed by atoms with Gasteiger partial charge < -0.3 is 11.1 Å². The smallest absolute Gasteiger partial charge is 0.404 e. The highest BCUT2D eigenvalue weighted by molar-refractivity contribution is 6.30. The Kier molecular flexibility index (Phi) is 4.68. The number of hydrogen-bond acceptors (Lipinski definition) is 5. The number of alkyl halides is 3. The molecule has 3 N–H and O–H groups in total. The van der Waals surface area contributed by atoms with Gasteiger partial charge in [-0.3, -0.25) is 4.99 Å². The van der Waals surface area contributed by atoms with Gasteiger partial charge in [0, 0.05) is 31.1 Å². The molecule has 0 atom stereocenters. The number of nitriles is 1. The van der Waals surface area contributed by atoms with Crippen LogP contribution in [0.5, 0.6) is 0 Å². The van der Waals surface area contributed by atoms with Crippen molar-refractivity contribution in [2.45, 2.75) is 12.2 Å². The van der Waals surface area contributed by atoms with E-state index >= 15 is 0 Å². The molecular weight excluding hydrogens is 319 g/mol. The first kappa shape index (κ1) is 16.3. The van der Waals surface area contributed by atoms with E-state index in [4.69, 9.17) is 22.6 Å². The van der Waals surface area contributed by atoms with Gasteiger partial charge in [0.25, 0.3) is 0 Å². The molecule has 0 bridgehead atoms. The SMILES string of the molecule is N#Cc1c(C(F)(F)F)cc(/C(C=NC2CNC2)=C/N)nc1Cl. The third-order valence-electron chi connectivity index (χ3n) is 3.05. The molecule has 116 valence electrons. The molecule has 1 saturated heterocycles. The van der Waals surface area contributed by atoms with Crippen LogP contribution in [0.3, 0.4) is 0 Å². The Bertz CT molecular complexity index is 671. The fraction of sp³-hybridized carbons (Fsp3) is 0.308. The average molecular weight is 330 g/mol. The lowest BCUT2D eigenvalue weighted by Crippen LogP contribution is -2.45. The molecule has 1 fully saturated rings. The third-order valence-corrected chi connectivity index (χ3v) is 3.33. The summed E-state index contributed by atoms with van der Waals surface area (Å²) in [6.45, 7) is 1.40. The maximum Gasteiger partial charge on any atom is 0.417 e. The molecule has 1 aromatic rings.